The zero-order valence-corrected chi connectivity index (χ0v) is 12.3. The summed E-state index contributed by atoms with van der Waals surface area (Å²) in [6, 6.07) is 13.7. The summed E-state index contributed by atoms with van der Waals surface area (Å²) in [7, 11) is 3.03. The van der Waals surface area contributed by atoms with Crippen LogP contribution in [-0.2, 0) is 11.3 Å². The molecule has 0 aliphatic carbocycles. The molecule has 2 aromatic rings. The monoisotopic (exact) mass is 297 g/mol. The number of methoxy groups -OCH3 is 2. The van der Waals surface area contributed by atoms with Crippen LogP contribution in [0.25, 0.3) is 0 Å². The third kappa shape index (κ3) is 3.76. The van der Waals surface area contributed by atoms with Gasteiger partial charge in [-0.05, 0) is 29.8 Å². The van der Waals surface area contributed by atoms with Crippen LogP contribution in [0.1, 0.15) is 21.5 Å². The summed E-state index contributed by atoms with van der Waals surface area (Å²) in [4.78, 5) is 12.1. The topological polar surface area (TPSA) is 68.6 Å². The maximum atomic E-state index is 12.1. The normalized spacial score (nSPS) is 9.68. The van der Waals surface area contributed by atoms with E-state index in [0.29, 0.717) is 22.6 Å². The molecule has 2 aromatic carbocycles. The molecule has 2 rings (SSSR count). The quantitative estimate of drug-likeness (QED) is 0.794. The van der Waals surface area contributed by atoms with Crippen LogP contribution in [0.2, 0.25) is 0 Å². The van der Waals surface area contributed by atoms with Gasteiger partial charge in [-0.25, -0.2) is 4.79 Å². The van der Waals surface area contributed by atoms with Gasteiger partial charge >= 0.3 is 5.97 Å². The van der Waals surface area contributed by atoms with E-state index in [1.54, 1.807) is 42.5 Å². The van der Waals surface area contributed by atoms with Crippen molar-refractivity contribution in [1.29, 1.82) is 5.26 Å². The van der Waals surface area contributed by atoms with Crippen molar-refractivity contribution in [2.75, 3.05) is 14.2 Å². The summed E-state index contributed by atoms with van der Waals surface area (Å²) in [6.45, 7) is 0.129. The molecule has 5 nitrogen and oxygen atoms in total. The molecule has 0 fully saturated rings. The average molecular weight is 297 g/mol. The van der Waals surface area contributed by atoms with Crippen LogP contribution in [0.5, 0.6) is 11.5 Å². The van der Waals surface area contributed by atoms with Gasteiger partial charge in [-0.3, -0.25) is 0 Å². The number of hydrogen-bond acceptors (Lipinski definition) is 5. The van der Waals surface area contributed by atoms with Gasteiger partial charge in [0, 0.05) is 6.07 Å². The number of carbonyl (C=O) groups excluding carboxylic acids is 1. The zero-order chi connectivity index (χ0) is 15.9. The lowest BCUT2D eigenvalue weighted by atomic mass is 10.1. The Morgan fingerprint density at radius 1 is 1.05 bits per heavy atom. The van der Waals surface area contributed by atoms with E-state index in [-0.39, 0.29) is 6.61 Å². The first-order valence-electron chi connectivity index (χ1n) is 6.55. The Labute approximate surface area is 128 Å². The van der Waals surface area contributed by atoms with Gasteiger partial charge in [0.15, 0.2) is 0 Å². The van der Waals surface area contributed by atoms with Crippen molar-refractivity contribution < 1.29 is 19.0 Å². The summed E-state index contributed by atoms with van der Waals surface area (Å²) in [5.41, 5.74) is 1.72. The number of nitrogens with zero attached hydrogens (tertiary/aromatic N) is 1. The predicted molar refractivity (Wildman–Crippen MR) is 79.8 cm³/mol. The van der Waals surface area contributed by atoms with Gasteiger partial charge in [0.25, 0.3) is 0 Å². The number of rotatable bonds is 5. The number of ether oxygens (including phenoxy) is 3. The summed E-state index contributed by atoms with van der Waals surface area (Å²) in [5.74, 6) is 0.566. The minimum absolute atomic E-state index is 0.129. The molecule has 112 valence electrons. The Morgan fingerprint density at radius 2 is 1.64 bits per heavy atom. The molecule has 0 spiro atoms. The highest BCUT2D eigenvalue weighted by Gasteiger charge is 2.11. The molecule has 0 atom stereocenters. The summed E-state index contributed by atoms with van der Waals surface area (Å²) < 4.78 is 15.5. The van der Waals surface area contributed by atoms with Gasteiger partial charge in [-0.2, -0.15) is 5.26 Å². The lowest BCUT2D eigenvalue weighted by molar-refractivity contribution is 0.0472. The molecule has 0 saturated heterocycles. The van der Waals surface area contributed by atoms with E-state index in [0.717, 1.165) is 5.56 Å². The molecule has 0 heterocycles. The van der Waals surface area contributed by atoms with E-state index in [1.165, 1.54) is 14.2 Å². The molecule has 0 aromatic heterocycles. The summed E-state index contributed by atoms with van der Waals surface area (Å²) in [6.07, 6.45) is 0. The van der Waals surface area contributed by atoms with Gasteiger partial charge in [-0.1, -0.05) is 12.1 Å². The molecular formula is C17H15NO4. The number of benzene rings is 2. The smallest absolute Gasteiger partial charge is 0.338 e. The van der Waals surface area contributed by atoms with E-state index in [2.05, 4.69) is 0 Å². The maximum Gasteiger partial charge on any atom is 0.338 e. The standard InChI is InChI=1S/C17H15NO4/c1-20-15-7-14(8-16(9-15)21-2)17(19)22-11-13-5-3-12(10-18)4-6-13/h3-9H,11H2,1-2H3. The summed E-state index contributed by atoms with van der Waals surface area (Å²) >= 11 is 0. The SMILES string of the molecule is COc1cc(OC)cc(C(=O)OCc2ccc(C#N)cc2)c1. The number of nitriles is 1. The Hall–Kier alpha value is -3.00. The molecular weight excluding hydrogens is 282 g/mol. The minimum Gasteiger partial charge on any atom is -0.497 e. The van der Waals surface area contributed by atoms with E-state index in [1.807, 2.05) is 6.07 Å². The fourth-order valence-corrected chi connectivity index (χ4v) is 1.83. The highest BCUT2D eigenvalue weighted by molar-refractivity contribution is 5.90. The Morgan fingerprint density at radius 3 is 2.14 bits per heavy atom. The Kier molecular flexibility index (Phi) is 4.99. The van der Waals surface area contributed by atoms with Crippen LogP contribution in [-0.4, -0.2) is 20.2 Å². The predicted octanol–water partition coefficient (Wildman–Crippen LogP) is 2.93. The minimum atomic E-state index is -0.471. The molecule has 0 saturated carbocycles. The number of esters is 1. The van der Waals surface area contributed by atoms with Crippen molar-refractivity contribution in [3.05, 3.63) is 59.2 Å². The molecule has 0 aliphatic rings. The van der Waals surface area contributed by atoms with Crippen molar-refractivity contribution in [3.8, 4) is 17.6 Å². The fraction of sp³-hybridized carbons (Fsp3) is 0.176. The van der Waals surface area contributed by atoms with Gasteiger partial charge in [0.2, 0.25) is 0 Å². The lowest BCUT2D eigenvalue weighted by Gasteiger charge is -2.09. The second-order valence-electron chi connectivity index (χ2n) is 4.49. The molecule has 5 heteroatoms. The van der Waals surface area contributed by atoms with Crippen molar-refractivity contribution >= 4 is 5.97 Å². The van der Waals surface area contributed by atoms with Crippen molar-refractivity contribution in [2.45, 2.75) is 6.61 Å². The van der Waals surface area contributed by atoms with E-state index in [4.69, 9.17) is 19.5 Å². The molecule has 0 bridgehead atoms. The van der Waals surface area contributed by atoms with Gasteiger partial charge in [0.1, 0.15) is 18.1 Å². The van der Waals surface area contributed by atoms with E-state index in [9.17, 15) is 4.79 Å². The van der Waals surface area contributed by atoms with Crippen molar-refractivity contribution in [1.82, 2.24) is 0 Å². The van der Waals surface area contributed by atoms with E-state index < -0.39 is 5.97 Å². The van der Waals surface area contributed by atoms with Crippen LogP contribution in [0.4, 0.5) is 0 Å². The maximum absolute atomic E-state index is 12.1. The largest absolute Gasteiger partial charge is 0.497 e. The highest BCUT2D eigenvalue weighted by Crippen LogP contribution is 2.23. The molecule has 0 unspecified atom stereocenters. The second kappa shape index (κ2) is 7.14. The average Bonchev–Trinajstić information content (AvgIpc) is 2.59. The van der Waals surface area contributed by atoms with Crippen LogP contribution in [0, 0.1) is 11.3 Å². The van der Waals surface area contributed by atoms with Gasteiger partial charge < -0.3 is 14.2 Å². The number of hydrogen-bond donors (Lipinski definition) is 0. The third-order valence-corrected chi connectivity index (χ3v) is 3.04. The van der Waals surface area contributed by atoms with Crippen molar-refractivity contribution in [3.63, 3.8) is 0 Å². The first kappa shape index (κ1) is 15.4. The molecule has 0 amide bonds. The van der Waals surface area contributed by atoms with Crippen molar-refractivity contribution in [2.24, 2.45) is 0 Å². The van der Waals surface area contributed by atoms with Crippen LogP contribution < -0.4 is 9.47 Å². The van der Waals surface area contributed by atoms with Crippen LogP contribution in [0.3, 0.4) is 0 Å². The number of carbonyl (C=O) groups is 1. The first-order valence-corrected chi connectivity index (χ1v) is 6.55. The van der Waals surface area contributed by atoms with Gasteiger partial charge in [0.05, 0.1) is 31.4 Å². The van der Waals surface area contributed by atoms with Crippen LogP contribution >= 0.6 is 0 Å². The van der Waals surface area contributed by atoms with Crippen LogP contribution in [0.15, 0.2) is 42.5 Å². The first-order chi connectivity index (χ1) is 10.7. The highest BCUT2D eigenvalue weighted by atomic mass is 16.5. The molecule has 0 N–H and O–H groups in total. The Bertz CT molecular complexity index is 679. The molecule has 22 heavy (non-hydrogen) atoms. The van der Waals surface area contributed by atoms with E-state index >= 15 is 0 Å². The zero-order valence-electron chi connectivity index (χ0n) is 12.3. The third-order valence-electron chi connectivity index (χ3n) is 3.04. The second-order valence-corrected chi connectivity index (χ2v) is 4.49. The molecule has 0 aliphatic heterocycles. The molecule has 0 radical (unpaired) electrons. The Balaban J connectivity index is 2.07. The lowest BCUT2D eigenvalue weighted by Crippen LogP contribution is -2.06. The fourth-order valence-electron chi connectivity index (χ4n) is 1.83. The summed E-state index contributed by atoms with van der Waals surface area (Å²) in [5, 5.41) is 8.73. The van der Waals surface area contributed by atoms with Gasteiger partial charge in [-0.15, -0.1) is 0 Å².